The van der Waals surface area contributed by atoms with E-state index in [4.69, 9.17) is 0 Å². The molecular weight excluding hydrogens is 248 g/mol. The third-order valence-electron chi connectivity index (χ3n) is 6.91. The second-order valence-corrected chi connectivity index (χ2v) is 17.9. The molecule has 0 bridgehead atoms. The van der Waals surface area contributed by atoms with Crippen molar-refractivity contribution in [3.05, 3.63) is 0 Å². The van der Waals surface area contributed by atoms with E-state index in [1.807, 2.05) is 0 Å². The number of rotatable bonds is 9. The molecule has 0 aromatic heterocycles. The fourth-order valence-electron chi connectivity index (χ4n) is 4.49. The smallest absolute Gasteiger partial charge is 0.0555 e. The van der Waals surface area contributed by atoms with E-state index >= 15 is 0 Å². The molecular formula is C16H38Si2. The van der Waals surface area contributed by atoms with Crippen LogP contribution in [0.2, 0.25) is 47.3 Å². The summed E-state index contributed by atoms with van der Waals surface area (Å²) in [5, 5.41) is 0. The van der Waals surface area contributed by atoms with Crippen LogP contribution in [-0.2, 0) is 0 Å². The molecule has 0 aliphatic heterocycles. The Kier molecular flexibility index (Phi) is 8.08. The molecule has 2 heteroatoms. The molecule has 0 fully saturated rings. The monoisotopic (exact) mass is 286 g/mol. The molecule has 0 aromatic rings. The van der Waals surface area contributed by atoms with Gasteiger partial charge in [0.25, 0.3) is 0 Å². The molecule has 0 N–H and O–H groups in total. The van der Waals surface area contributed by atoms with Crippen LogP contribution in [0.15, 0.2) is 0 Å². The summed E-state index contributed by atoms with van der Waals surface area (Å²) in [6.07, 6.45) is 0. The molecule has 2 unspecified atom stereocenters. The molecule has 0 saturated heterocycles. The molecule has 18 heavy (non-hydrogen) atoms. The van der Waals surface area contributed by atoms with Crippen molar-refractivity contribution < 1.29 is 0 Å². The minimum absolute atomic E-state index is 1.01. The number of hydrogen-bond acceptors (Lipinski definition) is 0. The molecule has 0 aromatic carbocycles. The topological polar surface area (TPSA) is 0 Å². The SMILES string of the molecule is CC[Si](CC)(CC)C(C)C(C)[Si](CC)(CC)CC. The zero-order valence-corrected chi connectivity index (χ0v) is 16.4. The average molecular weight is 287 g/mol. The first-order valence-electron chi connectivity index (χ1n) is 8.43. The summed E-state index contributed by atoms with van der Waals surface area (Å²) >= 11 is 0. The lowest BCUT2D eigenvalue weighted by Crippen LogP contribution is -2.46. The van der Waals surface area contributed by atoms with Gasteiger partial charge in [0.2, 0.25) is 0 Å². The summed E-state index contributed by atoms with van der Waals surface area (Å²) in [4.78, 5) is 0. The Morgan fingerprint density at radius 3 is 0.778 bits per heavy atom. The van der Waals surface area contributed by atoms with Crippen LogP contribution in [0.3, 0.4) is 0 Å². The first-order valence-corrected chi connectivity index (χ1v) is 13.8. The van der Waals surface area contributed by atoms with Gasteiger partial charge in [0.05, 0.1) is 16.1 Å². The fourth-order valence-corrected chi connectivity index (χ4v) is 15.6. The highest BCUT2D eigenvalue weighted by Gasteiger charge is 2.44. The predicted molar refractivity (Wildman–Crippen MR) is 93.2 cm³/mol. The molecule has 0 saturated carbocycles. The van der Waals surface area contributed by atoms with Crippen molar-refractivity contribution in [1.82, 2.24) is 0 Å². The second kappa shape index (κ2) is 7.89. The van der Waals surface area contributed by atoms with Gasteiger partial charge in [0, 0.05) is 0 Å². The van der Waals surface area contributed by atoms with Crippen molar-refractivity contribution >= 4 is 16.1 Å². The van der Waals surface area contributed by atoms with E-state index in [1.54, 1.807) is 0 Å². The summed E-state index contributed by atoms with van der Waals surface area (Å²) in [7, 11) is -2.02. The quantitative estimate of drug-likeness (QED) is 0.410. The van der Waals surface area contributed by atoms with Crippen LogP contribution >= 0.6 is 0 Å². The lowest BCUT2D eigenvalue weighted by molar-refractivity contribution is 0.761. The largest absolute Gasteiger partial charge is 0.0678 e. The van der Waals surface area contributed by atoms with Gasteiger partial charge in [0.15, 0.2) is 0 Å². The van der Waals surface area contributed by atoms with Crippen molar-refractivity contribution in [2.45, 2.75) is 103 Å². The van der Waals surface area contributed by atoms with Crippen LogP contribution in [0.1, 0.15) is 55.4 Å². The highest BCUT2D eigenvalue weighted by Crippen LogP contribution is 2.48. The third kappa shape index (κ3) is 3.30. The first-order chi connectivity index (χ1) is 8.43. The van der Waals surface area contributed by atoms with Gasteiger partial charge in [-0.05, 0) is 11.1 Å². The lowest BCUT2D eigenvalue weighted by Gasteiger charge is -2.46. The Labute approximate surface area is 119 Å². The van der Waals surface area contributed by atoms with Crippen LogP contribution < -0.4 is 0 Å². The van der Waals surface area contributed by atoms with Crippen LogP contribution in [-0.4, -0.2) is 16.1 Å². The van der Waals surface area contributed by atoms with E-state index in [1.165, 1.54) is 36.3 Å². The van der Waals surface area contributed by atoms with Crippen molar-refractivity contribution in [3.8, 4) is 0 Å². The molecule has 0 rings (SSSR count). The molecule has 2 atom stereocenters. The Morgan fingerprint density at radius 1 is 0.500 bits per heavy atom. The minimum Gasteiger partial charge on any atom is -0.0678 e. The van der Waals surface area contributed by atoms with Crippen LogP contribution in [0.4, 0.5) is 0 Å². The van der Waals surface area contributed by atoms with E-state index in [-0.39, 0.29) is 0 Å². The standard InChI is InChI=1S/C16H38Si2/c1-9-17(10-2,11-3)15(7)16(8)18(12-4,13-5)14-6/h15-16H,9-14H2,1-8H3. The summed E-state index contributed by atoms with van der Waals surface area (Å²) < 4.78 is 0. The van der Waals surface area contributed by atoms with Crippen molar-refractivity contribution in [2.75, 3.05) is 0 Å². The van der Waals surface area contributed by atoms with E-state index < -0.39 is 16.1 Å². The van der Waals surface area contributed by atoms with Crippen molar-refractivity contribution in [3.63, 3.8) is 0 Å². The molecule has 0 aliphatic carbocycles. The van der Waals surface area contributed by atoms with Gasteiger partial charge < -0.3 is 0 Å². The number of hydrogen-bond donors (Lipinski definition) is 0. The third-order valence-corrected chi connectivity index (χ3v) is 20.6. The Morgan fingerprint density at radius 2 is 0.667 bits per heavy atom. The van der Waals surface area contributed by atoms with Gasteiger partial charge in [-0.25, -0.2) is 0 Å². The van der Waals surface area contributed by atoms with E-state index in [2.05, 4.69) is 55.4 Å². The Balaban J connectivity index is 5.22. The van der Waals surface area contributed by atoms with Crippen LogP contribution in [0.25, 0.3) is 0 Å². The van der Waals surface area contributed by atoms with Gasteiger partial charge >= 0.3 is 0 Å². The molecule has 0 heterocycles. The highest BCUT2D eigenvalue weighted by molar-refractivity contribution is 6.86. The summed E-state index contributed by atoms with van der Waals surface area (Å²) in [5.41, 5.74) is 2.06. The molecule has 0 aliphatic rings. The summed E-state index contributed by atoms with van der Waals surface area (Å²) in [6.45, 7) is 20.0. The Hall–Kier alpha value is 0.434. The molecule has 0 nitrogen and oxygen atoms in total. The van der Waals surface area contributed by atoms with Crippen molar-refractivity contribution in [1.29, 1.82) is 0 Å². The van der Waals surface area contributed by atoms with Gasteiger partial charge in [0.1, 0.15) is 0 Å². The first kappa shape index (κ1) is 18.4. The van der Waals surface area contributed by atoms with E-state index in [0.717, 1.165) is 11.1 Å². The molecule has 0 radical (unpaired) electrons. The van der Waals surface area contributed by atoms with E-state index in [0.29, 0.717) is 0 Å². The van der Waals surface area contributed by atoms with Crippen molar-refractivity contribution in [2.24, 2.45) is 0 Å². The maximum absolute atomic E-state index is 2.62. The molecule has 0 amide bonds. The molecule has 110 valence electrons. The minimum atomic E-state index is -1.01. The summed E-state index contributed by atoms with van der Waals surface area (Å²) in [5.74, 6) is 0. The average Bonchev–Trinajstić information content (AvgIpc) is 2.43. The van der Waals surface area contributed by atoms with Gasteiger partial charge in [-0.15, -0.1) is 0 Å². The fraction of sp³-hybridized carbons (Fsp3) is 1.00. The zero-order chi connectivity index (χ0) is 14.4. The van der Waals surface area contributed by atoms with Gasteiger partial charge in [-0.1, -0.05) is 91.7 Å². The molecule has 0 spiro atoms. The van der Waals surface area contributed by atoms with Crippen LogP contribution in [0.5, 0.6) is 0 Å². The van der Waals surface area contributed by atoms with Gasteiger partial charge in [-0.2, -0.15) is 0 Å². The second-order valence-electron chi connectivity index (χ2n) is 6.42. The zero-order valence-electron chi connectivity index (χ0n) is 14.4. The van der Waals surface area contributed by atoms with E-state index in [9.17, 15) is 0 Å². The summed E-state index contributed by atoms with van der Waals surface area (Å²) in [6, 6.07) is 8.96. The maximum Gasteiger partial charge on any atom is 0.0555 e. The maximum atomic E-state index is 2.62. The van der Waals surface area contributed by atoms with Crippen LogP contribution in [0, 0.1) is 0 Å². The Bertz CT molecular complexity index is 177. The van der Waals surface area contributed by atoms with Gasteiger partial charge in [-0.3, -0.25) is 0 Å². The lowest BCUT2D eigenvalue weighted by atomic mass is 10.3. The normalized spacial score (nSPS) is 16.7. The highest BCUT2D eigenvalue weighted by atomic mass is 28.3. The predicted octanol–water partition coefficient (Wildman–Crippen LogP) is 6.78.